The van der Waals surface area contributed by atoms with E-state index in [1.165, 1.54) is 0 Å². The molecular weight excluding hydrogens is 494 g/mol. The molecule has 6 unspecified atom stereocenters. The van der Waals surface area contributed by atoms with E-state index in [0.29, 0.717) is 23.5 Å². The summed E-state index contributed by atoms with van der Waals surface area (Å²) in [7, 11) is -0.285. The Kier molecular flexibility index (Phi) is 7.66. The molecule has 0 aromatic rings. The number of nitrogens with zero attached hydrogens (tertiary/aromatic N) is 2. The Labute approximate surface area is 231 Å². The molecule has 7 atom stereocenters. The second-order valence-electron chi connectivity index (χ2n) is 14.7. The number of hydrogen-bond acceptors (Lipinski definition) is 7. The number of Topliss-reactive ketones (excluding diaryl/α,β-unsaturated/α-hetero) is 1. The highest BCUT2D eigenvalue weighted by atomic mass is 28.4. The molecule has 214 valence electrons. The van der Waals surface area contributed by atoms with Gasteiger partial charge in [0.25, 0.3) is 0 Å². The highest BCUT2D eigenvalue weighted by Gasteiger charge is 2.63. The number of hydrogen-bond donors (Lipinski definition) is 1. The lowest BCUT2D eigenvalue weighted by molar-refractivity contribution is -0.135. The molecule has 4 saturated carbocycles. The van der Waals surface area contributed by atoms with E-state index in [2.05, 4.69) is 46.1 Å². The quantitative estimate of drug-likeness (QED) is 0.330. The second-order valence-corrected chi connectivity index (χ2v) is 19.5. The Balaban J connectivity index is 1.49. The van der Waals surface area contributed by atoms with Crippen molar-refractivity contribution in [3.05, 3.63) is 0 Å². The van der Waals surface area contributed by atoms with Crippen LogP contribution in [0.1, 0.15) is 85.5 Å². The summed E-state index contributed by atoms with van der Waals surface area (Å²) < 4.78 is 7.10. The average molecular weight is 546 g/mol. The van der Waals surface area contributed by atoms with E-state index in [1.807, 2.05) is 0 Å². The Morgan fingerprint density at radius 2 is 1.84 bits per heavy atom. The van der Waals surface area contributed by atoms with Crippen LogP contribution in [-0.4, -0.2) is 58.4 Å². The highest BCUT2D eigenvalue weighted by molar-refractivity contribution is 6.74. The number of fused-ring (bicyclic) bond motifs is 5. The van der Waals surface area contributed by atoms with E-state index in [4.69, 9.17) is 24.4 Å². The molecule has 5 aliphatic rings. The van der Waals surface area contributed by atoms with Crippen LogP contribution in [0.2, 0.25) is 18.1 Å². The third-order valence-electron chi connectivity index (χ3n) is 11.8. The first-order chi connectivity index (χ1) is 17.9. The van der Waals surface area contributed by atoms with Gasteiger partial charge >= 0.3 is 0 Å². The standard InChI is InChI=1S/C30H51N3O4Si/c1-28(2,3)38(6,7)36-19-30-14-10-20(32-37-21-12-15-31-18-21)16-25(30)26(33-35-5)17-22-23-8-9-27(34)29(23,4)13-11-24(22)30/h21-25,31H,8-19H2,1-7H3/t21-,22?,23?,24?,25?,29?,30?/m0/s1. The van der Waals surface area contributed by atoms with Gasteiger partial charge in [0.05, 0.1) is 11.4 Å². The molecule has 1 N–H and O–H groups in total. The third kappa shape index (κ3) is 4.81. The van der Waals surface area contributed by atoms with Gasteiger partial charge in [-0.25, -0.2) is 0 Å². The van der Waals surface area contributed by atoms with E-state index in [9.17, 15) is 4.79 Å². The van der Waals surface area contributed by atoms with Gasteiger partial charge in [-0.15, -0.1) is 0 Å². The van der Waals surface area contributed by atoms with Crippen LogP contribution >= 0.6 is 0 Å². The first kappa shape index (κ1) is 28.3. The molecule has 1 saturated heterocycles. The lowest BCUT2D eigenvalue weighted by Crippen LogP contribution is -2.60. The van der Waals surface area contributed by atoms with Crippen LogP contribution in [0.4, 0.5) is 0 Å². The van der Waals surface area contributed by atoms with Gasteiger partial charge in [0.1, 0.15) is 19.0 Å². The van der Waals surface area contributed by atoms with Gasteiger partial charge in [-0.2, -0.15) is 0 Å². The second kappa shape index (κ2) is 10.3. The molecule has 1 heterocycles. The summed E-state index contributed by atoms with van der Waals surface area (Å²) in [6.45, 7) is 16.6. The minimum Gasteiger partial charge on any atom is -0.416 e. The van der Waals surface area contributed by atoms with Crippen molar-refractivity contribution >= 4 is 25.5 Å². The predicted octanol–water partition coefficient (Wildman–Crippen LogP) is 5.95. The molecule has 0 radical (unpaired) electrons. The maximum absolute atomic E-state index is 13.1. The van der Waals surface area contributed by atoms with E-state index in [0.717, 1.165) is 88.9 Å². The van der Waals surface area contributed by atoms with Gasteiger partial charge in [-0.1, -0.05) is 38.0 Å². The van der Waals surface area contributed by atoms with Gasteiger partial charge in [0, 0.05) is 42.7 Å². The van der Waals surface area contributed by atoms with Crippen LogP contribution in [0.15, 0.2) is 10.3 Å². The molecule has 7 nitrogen and oxygen atoms in total. The fourth-order valence-corrected chi connectivity index (χ4v) is 9.47. The number of rotatable bonds is 6. The molecule has 0 spiro atoms. The van der Waals surface area contributed by atoms with Crippen molar-refractivity contribution in [2.75, 3.05) is 26.8 Å². The van der Waals surface area contributed by atoms with Crippen molar-refractivity contribution in [1.29, 1.82) is 0 Å². The molecule has 5 rings (SSSR count). The molecule has 0 amide bonds. The average Bonchev–Trinajstić information content (AvgIpc) is 3.49. The van der Waals surface area contributed by atoms with E-state index < -0.39 is 8.32 Å². The van der Waals surface area contributed by atoms with Crippen molar-refractivity contribution in [3.63, 3.8) is 0 Å². The molecule has 1 aliphatic heterocycles. The van der Waals surface area contributed by atoms with Gasteiger partial charge in [-0.3, -0.25) is 4.79 Å². The third-order valence-corrected chi connectivity index (χ3v) is 16.3. The molecule has 4 aliphatic carbocycles. The first-order valence-corrected chi connectivity index (χ1v) is 18.0. The number of carbonyl (C=O) groups is 1. The number of carbonyl (C=O) groups excluding carboxylic acids is 1. The minimum atomic E-state index is -1.96. The van der Waals surface area contributed by atoms with Crippen LogP contribution in [-0.2, 0) is 18.9 Å². The number of ketones is 1. The Hall–Kier alpha value is -1.25. The smallest absolute Gasteiger partial charge is 0.192 e. The monoisotopic (exact) mass is 545 g/mol. The molecule has 0 aromatic heterocycles. The Morgan fingerprint density at radius 3 is 2.53 bits per heavy atom. The molecule has 0 bridgehead atoms. The molecular formula is C30H51N3O4Si. The van der Waals surface area contributed by atoms with Crippen LogP contribution < -0.4 is 5.32 Å². The molecule has 5 fully saturated rings. The van der Waals surface area contributed by atoms with Crippen molar-refractivity contribution in [3.8, 4) is 0 Å². The van der Waals surface area contributed by atoms with Crippen LogP contribution in [0, 0.1) is 34.5 Å². The van der Waals surface area contributed by atoms with E-state index >= 15 is 0 Å². The maximum Gasteiger partial charge on any atom is 0.192 e. The maximum atomic E-state index is 13.1. The van der Waals surface area contributed by atoms with E-state index in [-0.39, 0.29) is 27.9 Å². The minimum absolute atomic E-state index is 0.00327. The van der Waals surface area contributed by atoms with Crippen molar-refractivity contribution < 1.29 is 18.9 Å². The van der Waals surface area contributed by atoms with Crippen molar-refractivity contribution in [1.82, 2.24) is 5.32 Å². The van der Waals surface area contributed by atoms with Gasteiger partial charge in [0.2, 0.25) is 0 Å². The molecule has 0 aromatic carbocycles. The number of nitrogens with one attached hydrogen (secondary N) is 1. The zero-order valence-electron chi connectivity index (χ0n) is 24.9. The van der Waals surface area contributed by atoms with Gasteiger partial charge < -0.3 is 19.4 Å². The number of oxime groups is 2. The Bertz CT molecular complexity index is 969. The van der Waals surface area contributed by atoms with Gasteiger partial charge in [-0.05, 0) is 87.4 Å². The predicted molar refractivity (Wildman–Crippen MR) is 154 cm³/mol. The largest absolute Gasteiger partial charge is 0.416 e. The summed E-state index contributed by atoms with van der Waals surface area (Å²) in [5, 5.41) is 12.9. The van der Waals surface area contributed by atoms with Gasteiger partial charge in [0.15, 0.2) is 8.32 Å². The normalized spacial score (nSPS) is 41.7. The lowest BCUT2D eigenvalue weighted by atomic mass is 9.44. The van der Waals surface area contributed by atoms with Crippen molar-refractivity contribution in [2.45, 2.75) is 110 Å². The summed E-state index contributed by atoms with van der Waals surface area (Å²) in [5.74, 6) is 2.17. The van der Waals surface area contributed by atoms with Crippen LogP contribution in [0.3, 0.4) is 0 Å². The zero-order chi connectivity index (χ0) is 27.3. The summed E-state index contributed by atoms with van der Waals surface area (Å²) in [4.78, 5) is 24.5. The van der Waals surface area contributed by atoms with Crippen molar-refractivity contribution in [2.24, 2.45) is 44.8 Å². The lowest BCUT2D eigenvalue weighted by Gasteiger charge is -2.61. The molecule has 38 heavy (non-hydrogen) atoms. The SMILES string of the molecule is CON=C1CC2C3CCC(=O)C3(C)CCC2C2(CO[Si](C)(C)C(C)(C)C)CCC(=NO[C@H]3CCNC3)CC12. The first-order valence-electron chi connectivity index (χ1n) is 15.1. The van der Waals surface area contributed by atoms with Crippen LogP contribution in [0.5, 0.6) is 0 Å². The van der Waals surface area contributed by atoms with Crippen LogP contribution in [0.25, 0.3) is 0 Å². The fourth-order valence-electron chi connectivity index (χ4n) is 8.41. The summed E-state index contributed by atoms with van der Waals surface area (Å²) >= 11 is 0. The topological polar surface area (TPSA) is 81.5 Å². The summed E-state index contributed by atoms with van der Waals surface area (Å²) in [6, 6.07) is 0. The zero-order valence-corrected chi connectivity index (χ0v) is 25.9. The highest BCUT2D eigenvalue weighted by Crippen LogP contribution is 2.65. The summed E-state index contributed by atoms with van der Waals surface area (Å²) in [6.07, 6.45) is 8.87. The molecule has 8 heteroatoms. The Morgan fingerprint density at radius 1 is 1.05 bits per heavy atom. The summed E-state index contributed by atoms with van der Waals surface area (Å²) in [5.41, 5.74) is 2.14. The van der Waals surface area contributed by atoms with E-state index in [1.54, 1.807) is 7.11 Å². The fraction of sp³-hybridized carbons (Fsp3) is 0.900.